The van der Waals surface area contributed by atoms with Crippen LogP contribution in [0.2, 0.25) is 0 Å². The van der Waals surface area contributed by atoms with Crippen molar-refractivity contribution in [1.82, 2.24) is 19.3 Å². The summed E-state index contributed by atoms with van der Waals surface area (Å²) in [6.45, 7) is 5.21. The lowest BCUT2D eigenvalue weighted by Gasteiger charge is -2.07. The van der Waals surface area contributed by atoms with Gasteiger partial charge in [-0.25, -0.2) is 9.78 Å². The average molecular weight is 297 g/mol. The average Bonchev–Trinajstić information content (AvgIpc) is 2.59. The lowest BCUT2D eigenvalue weighted by molar-refractivity contribution is 0.586. The molecule has 0 spiro atoms. The zero-order chi connectivity index (χ0) is 12.4. The van der Waals surface area contributed by atoms with Crippen LogP contribution in [0.3, 0.4) is 0 Å². The van der Waals surface area contributed by atoms with Crippen molar-refractivity contribution in [3.8, 4) is 0 Å². The van der Waals surface area contributed by atoms with Crippen molar-refractivity contribution in [2.24, 2.45) is 0 Å². The van der Waals surface area contributed by atoms with Gasteiger partial charge in [0, 0.05) is 18.9 Å². The number of hydrogen-bond donors (Lipinski definition) is 0. The van der Waals surface area contributed by atoms with Crippen molar-refractivity contribution < 1.29 is 0 Å². The molecule has 0 fully saturated rings. The van der Waals surface area contributed by atoms with Crippen LogP contribution in [0.4, 0.5) is 0 Å². The van der Waals surface area contributed by atoms with E-state index in [1.54, 1.807) is 16.8 Å². The predicted molar refractivity (Wildman–Crippen MR) is 67.9 cm³/mol. The summed E-state index contributed by atoms with van der Waals surface area (Å²) in [6, 6.07) is 1.74. The maximum atomic E-state index is 11.5. The number of rotatable bonds is 3. The van der Waals surface area contributed by atoms with E-state index in [1.165, 1.54) is 6.20 Å². The van der Waals surface area contributed by atoms with Gasteiger partial charge in [0.2, 0.25) is 0 Å². The molecule has 2 aromatic heterocycles. The first-order chi connectivity index (χ1) is 8.13. The van der Waals surface area contributed by atoms with E-state index in [9.17, 15) is 4.79 Å². The summed E-state index contributed by atoms with van der Waals surface area (Å²) >= 11 is 3.50. The van der Waals surface area contributed by atoms with E-state index in [0.29, 0.717) is 6.54 Å². The minimum absolute atomic E-state index is 0.249. The van der Waals surface area contributed by atoms with Crippen molar-refractivity contribution >= 4 is 15.9 Å². The maximum Gasteiger partial charge on any atom is 0.347 e. The van der Waals surface area contributed by atoms with Crippen LogP contribution < -0.4 is 5.69 Å². The molecule has 0 aliphatic carbocycles. The number of aryl methyl sites for hydroxylation is 2. The van der Waals surface area contributed by atoms with E-state index in [-0.39, 0.29) is 5.69 Å². The molecule has 0 bridgehead atoms. The van der Waals surface area contributed by atoms with E-state index in [0.717, 1.165) is 22.4 Å². The highest BCUT2D eigenvalue weighted by Crippen LogP contribution is 2.21. The van der Waals surface area contributed by atoms with Crippen molar-refractivity contribution in [3.63, 3.8) is 0 Å². The van der Waals surface area contributed by atoms with Crippen LogP contribution in [0.1, 0.15) is 18.3 Å². The molecule has 6 heteroatoms. The van der Waals surface area contributed by atoms with E-state index >= 15 is 0 Å². The fraction of sp³-hybridized carbons (Fsp3) is 0.364. The molecule has 2 aromatic rings. The Bertz CT molecular complexity index is 587. The summed E-state index contributed by atoms with van der Waals surface area (Å²) in [5.74, 6) is 0. The van der Waals surface area contributed by atoms with Crippen LogP contribution in [-0.2, 0) is 13.1 Å². The van der Waals surface area contributed by atoms with Crippen molar-refractivity contribution in [3.05, 3.63) is 44.8 Å². The lowest BCUT2D eigenvalue weighted by atomic mass is 10.3. The SMILES string of the molecule is CCn1nc(C)c(Br)c1Cn1cccnc1=O. The number of halogens is 1. The van der Waals surface area contributed by atoms with Gasteiger partial charge in [0.1, 0.15) is 0 Å². The quantitative estimate of drug-likeness (QED) is 0.864. The van der Waals surface area contributed by atoms with Crippen LogP contribution in [0.15, 0.2) is 27.7 Å². The normalized spacial score (nSPS) is 10.8. The molecular formula is C11H13BrN4O. The minimum atomic E-state index is -0.249. The Morgan fingerprint density at radius 1 is 1.47 bits per heavy atom. The van der Waals surface area contributed by atoms with Crippen LogP contribution in [0.25, 0.3) is 0 Å². The Kier molecular flexibility index (Phi) is 3.42. The molecule has 0 unspecified atom stereocenters. The van der Waals surface area contributed by atoms with E-state index in [1.807, 2.05) is 18.5 Å². The molecular weight excluding hydrogens is 284 g/mol. The second-order valence-electron chi connectivity index (χ2n) is 3.69. The third-order valence-electron chi connectivity index (χ3n) is 2.56. The van der Waals surface area contributed by atoms with Crippen LogP contribution in [0, 0.1) is 6.92 Å². The molecule has 17 heavy (non-hydrogen) atoms. The van der Waals surface area contributed by atoms with Crippen molar-refractivity contribution in [2.75, 3.05) is 0 Å². The van der Waals surface area contributed by atoms with Gasteiger partial charge in [0.05, 0.1) is 22.4 Å². The summed E-state index contributed by atoms with van der Waals surface area (Å²) in [5, 5.41) is 4.39. The molecule has 0 amide bonds. The molecule has 90 valence electrons. The van der Waals surface area contributed by atoms with Crippen LogP contribution in [0.5, 0.6) is 0 Å². The van der Waals surface area contributed by atoms with E-state index < -0.39 is 0 Å². The first-order valence-corrected chi connectivity index (χ1v) is 6.16. The third kappa shape index (κ3) is 2.31. The van der Waals surface area contributed by atoms with Crippen LogP contribution >= 0.6 is 15.9 Å². The molecule has 2 heterocycles. The number of aromatic nitrogens is 4. The highest BCUT2D eigenvalue weighted by atomic mass is 79.9. The van der Waals surface area contributed by atoms with Gasteiger partial charge >= 0.3 is 5.69 Å². The molecule has 0 radical (unpaired) electrons. The van der Waals surface area contributed by atoms with Gasteiger partial charge in [-0.05, 0) is 35.8 Å². The Morgan fingerprint density at radius 2 is 2.24 bits per heavy atom. The van der Waals surface area contributed by atoms with Gasteiger partial charge in [-0.1, -0.05) is 0 Å². The highest BCUT2D eigenvalue weighted by molar-refractivity contribution is 9.10. The van der Waals surface area contributed by atoms with E-state index in [2.05, 4.69) is 26.0 Å². The van der Waals surface area contributed by atoms with Gasteiger partial charge in [0.25, 0.3) is 0 Å². The standard InChI is InChI=1S/C11H13BrN4O/c1-3-16-9(10(12)8(2)14-16)7-15-6-4-5-13-11(15)17/h4-6H,3,7H2,1-2H3. The molecule has 0 atom stereocenters. The summed E-state index contributed by atoms with van der Waals surface area (Å²) in [4.78, 5) is 15.3. The van der Waals surface area contributed by atoms with Gasteiger partial charge in [-0.2, -0.15) is 5.10 Å². The third-order valence-corrected chi connectivity index (χ3v) is 3.59. The monoisotopic (exact) mass is 296 g/mol. The summed E-state index contributed by atoms with van der Waals surface area (Å²) in [6.07, 6.45) is 3.22. The zero-order valence-electron chi connectivity index (χ0n) is 9.72. The zero-order valence-corrected chi connectivity index (χ0v) is 11.3. The molecule has 5 nitrogen and oxygen atoms in total. The molecule has 0 saturated carbocycles. The van der Waals surface area contributed by atoms with Gasteiger partial charge < -0.3 is 0 Å². The summed E-state index contributed by atoms with van der Waals surface area (Å²) < 4.78 is 4.40. The summed E-state index contributed by atoms with van der Waals surface area (Å²) in [5.41, 5.74) is 1.67. The second kappa shape index (κ2) is 4.83. The minimum Gasteiger partial charge on any atom is -0.293 e. The Morgan fingerprint density at radius 3 is 2.88 bits per heavy atom. The highest BCUT2D eigenvalue weighted by Gasteiger charge is 2.12. The second-order valence-corrected chi connectivity index (χ2v) is 4.49. The lowest BCUT2D eigenvalue weighted by Crippen LogP contribution is -2.23. The molecule has 0 aromatic carbocycles. The fourth-order valence-corrected chi connectivity index (χ4v) is 2.10. The maximum absolute atomic E-state index is 11.5. The Labute approximate surface area is 107 Å². The van der Waals surface area contributed by atoms with Gasteiger partial charge in [-0.15, -0.1) is 0 Å². The summed E-state index contributed by atoms with van der Waals surface area (Å²) in [7, 11) is 0. The Balaban J connectivity index is 2.43. The largest absolute Gasteiger partial charge is 0.347 e. The smallest absolute Gasteiger partial charge is 0.293 e. The molecule has 0 N–H and O–H groups in total. The van der Waals surface area contributed by atoms with Crippen molar-refractivity contribution in [2.45, 2.75) is 26.9 Å². The first kappa shape index (κ1) is 12.0. The molecule has 0 saturated heterocycles. The molecule has 0 aliphatic rings. The Hall–Kier alpha value is -1.43. The fourth-order valence-electron chi connectivity index (χ4n) is 1.69. The topological polar surface area (TPSA) is 52.7 Å². The molecule has 2 rings (SSSR count). The number of nitrogens with zero attached hydrogens (tertiary/aromatic N) is 4. The first-order valence-electron chi connectivity index (χ1n) is 5.36. The van der Waals surface area contributed by atoms with Crippen LogP contribution in [-0.4, -0.2) is 19.3 Å². The van der Waals surface area contributed by atoms with Gasteiger partial charge in [0.15, 0.2) is 0 Å². The van der Waals surface area contributed by atoms with Gasteiger partial charge in [-0.3, -0.25) is 9.25 Å². The van der Waals surface area contributed by atoms with Crippen molar-refractivity contribution in [1.29, 1.82) is 0 Å². The van der Waals surface area contributed by atoms with E-state index in [4.69, 9.17) is 0 Å². The molecule has 0 aliphatic heterocycles. The number of hydrogen-bond acceptors (Lipinski definition) is 3. The predicted octanol–water partition coefficient (Wildman–Crippen LogP) is 1.58.